The van der Waals surface area contributed by atoms with Gasteiger partial charge in [-0.1, -0.05) is 13.8 Å². The van der Waals surface area contributed by atoms with Crippen LogP contribution in [0.4, 0.5) is 0 Å². The summed E-state index contributed by atoms with van der Waals surface area (Å²) in [5, 5.41) is 3.14. The maximum atomic E-state index is 5.50. The van der Waals surface area contributed by atoms with Crippen LogP contribution >= 0.6 is 12.4 Å². The second-order valence-electron chi connectivity index (χ2n) is 2.86. The fraction of sp³-hybridized carbons (Fsp3) is 0.857. The van der Waals surface area contributed by atoms with Gasteiger partial charge < -0.3 is 11.1 Å². The highest BCUT2D eigenvalue weighted by molar-refractivity contribution is 5.85. The van der Waals surface area contributed by atoms with Crippen LogP contribution in [0.3, 0.4) is 0 Å². The molecule has 1 aliphatic rings. The van der Waals surface area contributed by atoms with Gasteiger partial charge in [0.1, 0.15) is 0 Å². The van der Waals surface area contributed by atoms with E-state index in [1.807, 2.05) is 0 Å². The Hall–Kier alpha value is -0.440. The molecule has 11 heavy (non-hydrogen) atoms. The number of nitrogens with zero attached hydrogens (tertiary/aromatic N) is 1. The van der Waals surface area contributed by atoms with E-state index in [2.05, 4.69) is 24.2 Å². The van der Waals surface area contributed by atoms with E-state index in [1.165, 1.54) is 0 Å². The number of hydrogen-bond donors (Lipinski definition) is 2. The summed E-state index contributed by atoms with van der Waals surface area (Å²) in [4.78, 5) is 4.09. The summed E-state index contributed by atoms with van der Waals surface area (Å²) in [5.74, 6) is 1.22. The van der Waals surface area contributed by atoms with Crippen molar-refractivity contribution in [1.29, 1.82) is 0 Å². The van der Waals surface area contributed by atoms with Gasteiger partial charge in [0.2, 0.25) is 0 Å². The highest BCUT2D eigenvalue weighted by Crippen LogP contribution is 2.09. The Kier molecular flexibility index (Phi) is 4.26. The molecule has 4 heteroatoms. The molecule has 0 aromatic carbocycles. The maximum absolute atomic E-state index is 5.50. The molecule has 0 bridgehead atoms. The van der Waals surface area contributed by atoms with Crippen LogP contribution in [0.2, 0.25) is 0 Å². The van der Waals surface area contributed by atoms with E-state index < -0.39 is 0 Å². The molecule has 0 fully saturated rings. The minimum atomic E-state index is 0. The first kappa shape index (κ1) is 10.6. The van der Waals surface area contributed by atoms with Crippen molar-refractivity contribution >= 4 is 18.4 Å². The number of halogens is 1. The van der Waals surface area contributed by atoms with Gasteiger partial charge in [0, 0.05) is 12.6 Å². The van der Waals surface area contributed by atoms with Gasteiger partial charge in [-0.25, -0.2) is 0 Å². The molecule has 0 spiro atoms. The molecule has 0 saturated heterocycles. The summed E-state index contributed by atoms with van der Waals surface area (Å²) in [7, 11) is 0. The molecule has 1 heterocycles. The van der Waals surface area contributed by atoms with E-state index in [9.17, 15) is 0 Å². The van der Waals surface area contributed by atoms with Gasteiger partial charge >= 0.3 is 0 Å². The fourth-order valence-electron chi connectivity index (χ4n) is 1.25. The first-order chi connectivity index (χ1) is 4.74. The van der Waals surface area contributed by atoms with Gasteiger partial charge in [0.05, 0.1) is 0 Å². The summed E-state index contributed by atoms with van der Waals surface area (Å²) in [5.41, 5.74) is 5.50. The quantitative estimate of drug-likeness (QED) is 0.621. The van der Waals surface area contributed by atoms with Crippen molar-refractivity contribution in [1.82, 2.24) is 5.32 Å². The molecule has 1 aliphatic heterocycles. The van der Waals surface area contributed by atoms with Crippen molar-refractivity contribution in [2.45, 2.75) is 26.3 Å². The van der Waals surface area contributed by atoms with Gasteiger partial charge in [0.25, 0.3) is 0 Å². The molecule has 66 valence electrons. The summed E-state index contributed by atoms with van der Waals surface area (Å²) < 4.78 is 0. The average molecular weight is 178 g/mol. The summed E-state index contributed by atoms with van der Waals surface area (Å²) >= 11 is 0. The zero-order valence-corrected chi connectivity index (χ0v) is 7.82. The van der Waals surface area contributed by atoms with Crippen LogP contribution in [0.15, 0.2) is 4.99 Å². The van der Waals surface area contributed by atoms with Gasteiger partial charge in [-0.15, -0.1) is 12.4 Å². The third kappa shape index (κ3) is 2.58. The lowest BCUT2D eigenvalue weighted by Gasteiger charge is -2.27. The van der Waals surface area contributed by atoms with E-state index in [4.69, 9.17) is 5.73 Å². The van der Waals surface area contributed by atoms with Crippen molar-refractivity contribution in [3.05, 3.63) is 0 Å². The van der Waals surface area contributed by atoms with Crippen LogP contribution in [-0.4, -0.2) is 18.5 Å². The third-order valence-electron chi connectivity index (χ3n) is 2.01. The Morgan fingerprint density at radius 3 is 2.82 bits per heavy atom. The molecule has 0 amide bonds. The van der Waals surface area contributed by atoms with E-state index in [0.29, 0.717) is 17.9 Å². The predicted octanol–water partition coefficient (Wildman–Crippen LogP) is 0.741. The first-order valence-electron chi connectivity index (χ1n) is 3.80. The van der Waals surface area contributed by atoms with Crippen LogP contribution in [0.1, 0.15) is 20.3 Å². The lowest BCUT2D eigenvalue weighted by atomic mass is 9.99. The lowest BCUT2D eigenvalue weighted by Crippen LogP contribution is -2.47. The van der Waals surface area contributed by atoms with E-state index in [-0.39, 0.29) is 12.4 Å². The molecule has 2 unspecified atom stereocenters. The van der Waals surface area contributed by atoms with Crippen molar-refractivity contribution in [3.63, 3.8) is 0 Å². The number of guanidine groups is 1. The average Bonchev–Trinajstić information content (AvgIpc) is 1.94. The van der Waals surface area contributed by atoms with Crippen LogP contribution in [0.5, 0.6) is 0 Å². The standard InChI is InChI=1S/C7H15N3.ClH/c1-3-6-5(2)4-9-7(8)10-6;/h5-6H,3-4H2,1-2H3,(H3,8,9,10);1H. The Morgan fingerprint density at radius 1 is 1.73 bits per heavy atom. The fourth-order valence-corrected chi connectivity index (χ4v) is 1.25. The normalized spacial score (nSPS) is 29.8. The van der Waals surface area contributed by atoms with Crippen LogP contribution < -0.4 is 11.1 Å². The monoisotopic (exact) mass is 177 g/mol. The van der Waals surface area contributed by atoms with Gasteiger partial charge in [-0.05, 0) is 12.3 Å². The smallest absolute Gasteiger partial charge is 0.188 e. The van der Waals surface area contributed by atoms with Gasteiger partial charge in [-0.2, -0.15) is 0 Å². The molecule has 0 aromatic rings. The number of nitrogens with two attached hydrogens (primary N) is 1. The maximum Gasteiger partial charge on any atom is 0.188 e. The second-order valence-corrected chi connectivity index (χ2v) is 2.86. The summed E-state index contributed by atoms with van der Waals surface area (Å²) in [6.45, 7) is 5.22. The van der Waals surface area contributed by atoms with Crippen LogP contribution in [0.25, 0.3) is 0 Å². The molecule has 0 aromatic heterocycles. The summed E-state index contributed by atoms with van der Waals surface area (Å²) in [6, 6.07) is 0.525. The van der Waals surface area contributed by atoms with Crippen molar-refractivity contribution in [2.75, 3.05) is 6.54 Å². The van der Waals surface area contributed by atoms with E-state index >= 15 is 0 Å². The number of aliphatic imine (C=N–C) groups is 1. The van der Waals surface area contributed by atoms with Crippen molar-refractivity contribution in [2.24, 2.45) is 16.6 Å². The molecule has 3 N–H and O–H groups in total. The minimum Gasteiger partial charge on any atom is -0.370 e. The minimum absolute atomic E-state index is 0. The highest BCUT2D eigenvalue weighted by Gasteiger charge is 2.18. The molecule has 0 saturated carbocycles. The summed E-state index contributed by atoms with van der Waals surface area (Å²) in [6.07, 6.45) is 1.12. The van der Waals surface area contributed by atoms with Gasteiger partial charge in [0.15, 0.2) is 5.96 Å². The predicted molar refractivity (Wildman–Crippen MR) is 50.1 cm³/mol. The second kappa shape index (κ2) is 4.44. The largest absolute Gasteiger partial charge is 0.370 e. The number of hydrogen-bond acceptors (Lipinski definition) is 3. The Balaban J connectivity index is 0.000001000. The number of rotatable bonds is 1. The Labute approximate surface area is 73.9 Å². The van der Waals surface area contributed by atoms with Crippen LogP contribution in [-0.2, 0) is 0 Å². The Bertz CT molecular complexity index is 147. The molecule has 1 rings (SSSR count). The number of nitrogens with one attached hydrogen (secondary N) is 1. The van der Waals surface area contributed by atoms with E-state index in [1.54, 1.807) is 0 Å². The lowest BCUT2D eigenvalue weighted by molar-refractivity contribution is 0.400. The highest BCUT2D eigenvalue weighted by atomic mass is 35.5. The molecular weight excluding hydrogens is 162 g/mol. The molecule has 3 nitrogen and oxygen atoms in total. The van der Waals surface area contributed by atoms with Crippen LogP contribution in [0, 0.1) is 5.92 Å². The van der Waals surface area contributed by atoms with Crippen molar-refractivity contribution < 1.29 is 0 Å². The topological polar surface area (TPSA) is 50.4 Å². The molecular formula is C7H16ClN3. The first-order valence-corrected chi connectivity index (χ1v) is 3.80. The zero-order chi connectivity index (χ0) is 7.56. The third-order valence-corrected chi connectivity index (χ3v) is 2.01. The SMILES string of the molecule is CCC1NC(N)=NCC1C.Cl. The van der Waals surface area contributed by atoms with Gasteiger partial charge in [-0.3, -0.25) is 4.99 Å². The molecule has 0 aliphatic carbocycles. The molecule has 0 radical (unpaired) electrons. The Morgan fingerprint density at radius 2 is 2.36 bits per heavy atom. The van der Waals surface area contributed by atoms with Crippen molar-refractivity contribution in [3.8, 4) is 0 Å². The molecule has 2 atom stereocenters. The van der Waals surface area contributed by atoms with E-state index in [0.717, 1.165) is 13.0 Å². The zero-order valence-electron chi connectivity index (χ0n) is 7.00.